The number of oxime groups is 1. The van der Waals surface area contributed by atoms with Crippen molar-refractivity contribution < 1.29 is 24.3 Å². The number of aromatic nitrogens is 1. The van der Waals surface area contributed by atoms with Gasteiger partial charge in [-0.1, -0.05) is 5.16 Å². The quantitative estimate of drug-likeness (QED) is 0.248. The van der Waals surface area contributed by atoms with E-state index in [1.807, 2.05) is 0 Å². The van der Waals surface area contributed by atoms with Crippen LogP contribution in [0.25, 0.3) is 0 Å². The zero-order valence-electron chi connectivity index (χ0n) is 13.8. The second-order valence-electron chi connectivity index (χ2n) is 5.45. The fraction of sp³-hybridized carbons (Fsp3) is 0.357. The molecule has 0 unspecified atom stereocenters. The molecule has 1 aromatic rings. The van der Waals surface area contributed by atoms with Gasteiger partial charge in [0.05, 0.1) is 0 Å². The number of carboxylic acid groups (broad SMARTS) is 1. The van der Waals surface area contributed by atoms with Gasteiger partial charge in [-0.05, 0) is 5.57 Å². The summed E-state index contributed by atoms with van der Waals surface area (Å²) in [5.74, 6) is -2.07. The van der Waals surface area contributed by atoms with Crippen LogP contribution < -0.4 is 11.1 Å². The fourth-order valence-corrected chi connectivity index (χ4v) is 4.91. The van der Waals surface area contributed by atoms with Crippen molar-refractivity contribution in [2.24, 2.45) is 5.16 Å². The first-order chi connectivity index (χ1) is 12.9. The largest absolute Gasteiger partial charge is 0.477 e. The lowest BCUT2D eigenvalue weighted by atomic mass is 10.0. The highest BCUT2D eigenvalue weighted by atomic mass is 35.5. The van der Waals surface area contributed by atoms with Crippen LogP contribution >= 0.6 is 34.7 Å². The van der Waals surface area contributed by atoms with Crippen LogP contribution in [0, 0.1) is 0 Å². The molecule has 4 N–H and O–H groups in total. The number of fused-ring (bicyclic) bond motifs is 1. The topological polar surface area (TPSA) is 147 Å². The Morgan fingerprint density at radius 3 is 2.89 bits per heavy atom. The molecule has 1 saturated heterocycles. The number of amides is 2. The first kappa shape index (κ1) is 19.5. The molecule has 0 spiro atoms. The minimum absolute atomic E-state index is 0.0120. The Kier molecular flexibility index (Phi) is 5.58. The first-order valence-electron chi connectivity index (χ1n) is 7.48. The van der Waals surface area contributed by atoms with Gasteiger partial charge in [0.15, 0.2) is 10.8 Å². The smallest absolute Gasteiger partial charge is 0.352 e. The van der Waals surface area contributed by atoms with E-state index in [2.05, 4.69) is 20.3 Å². The predicted octanol–water partition coefficient (Wildman–Crippen LogP) is 0.0532. The minimum Gasteiger partial charge on any atom is -0.477 e. The Morgan fingerprint density at radius 1 is 1.59 bits per heavy atom. The van der Waals surface area contributed by atoms with Crippen molar-refractivity contribution in [1.29, 1.82) is 0 Å². The molecule has 0 saturated carbocycles. The van der Waals surface area contributed by atoms with E-state index >= 15 is 0 Å². The number of thiazole rings is 1. The number of hydrogen-bond donors (Lipinski definition) is 3. The highest BCUT2D eigenvalue weighted by Crippen LogP contribution is 2.40. The van der Waals surface area contributed by atoms with Crippen molar-refractivity contribution in [2.75, 3.05) is 24.5 Å². The molecule has 2 amide bonds. The van der Waals surface area contributed by atoms with Crippen LogP contribution in [-0.2, 0) is 19.2 Å². The molecule has 27 heavy (non-hydrogen) atoms. The van der Waals surface area contributed by atoms with Crippen molar-refractivity contribution in [3.05, 3.63) is 22.3 Å². The number of halogens is 1. The van der Waals surface area contributed by atoms with Gasteiger partial charge in [0.25, 0.3) is 11.8 Å². The van der Waals surface area contributed by atoms with E-state index in [9.17, 15) is 19.5 Å². The summed E-state index contributed by atoms with van der Waals surface area (Å²) in [4.78, 5) is 46.4. The van der Waals surface area contributed by atoms with Crippen LogP contribution in [0.1, 0.15) is 5.69 Å². The Bertz CT molecular complexity index is 870. The lowest BCUT2D eigenvalue weighted by molar-refractivity contribution is -0.150. The molecule has 10 nitrogen and oxygen atoms in total. The standard InChI is InChI=1S/C14H14ClN5O5S2/c1-25-19-7(6-4-27-14(16)17-6)10(21)18-8-11(22)20-9(13(23)24)5(2-15)3-26-12(8)20/h4,8,12H,2-3H2,1H3,(H2,16,17)(H,18,21)(H,23,24)/t8-,12+/m1/s1. The van der Waals surface area contributed by atoms with Gasteiger partial charge in [-0.15, -0.1) is 34.7 Å². The summed E-state index contributed by atoms with van der Waals surface area (Å²) in [6.07, 6.45) is 0. The van der Waals surface area contributed by atoms with Crippen molar-refractivity contribution in [3.8, 4) is 0 Å². The molecule has 3 rings (SSSR count). The summed E-state index contributed by atoms with van der Waals surface area (Å²) in [5, 5.41) is 16.9. The Morgan fingerprint density at radius 2 is 2.33 bits per heavy atom. The van der Waals surface area contributed by atoms with E-state index in [0.29, 0.717) is 11.3 Å². The average molecular weight is 432 g/mol. The molecule has 0 bridgehead atoms. The van der Waals surface area contributed by atoms with Gasteiger partial charge in [-0.25, -0.2) is 9.78 Å². The summed E-state index contributed by atoms with van der Waals surface area (Å²) < 4.78 is 0. The number of carbonyl (C=O) groups is 3. The maximum Gasteiger partial charge on any atom is 0.352 e. The Balaban J connectivity index is 1.79. The third-order valence-corrected chi connectivity index (χ3v) is 6.20. The fourth-order valence-electron chi connectivity index (χ4n) is 2.69. The molecule has 0 aliphatic carbocycles. The molecule has 2 aliphatic rings. The number of aliphatic carboxylic acids is 1. The average Bonchev–Trinajstić information content (AvgIpc) is 3.08. The Hall–Kier alpha value is -2.31. The molecule has 2 atom stereocenters. The molecule has 0 radical (unpaired) electrons. The number of nitrogens with two attached hydrogens (primary N) is 1. The van der Waals surface area contributed by atoms with Crippen molar-refractivity contribution in [3.63, 3.8) is 0 Å². The number of nitrogens with one attached hydrogen (secondary N) is 1. The molecule has 0 aromatic carbocycles. The third kappa shape index (κ3) is 3.47. The predicted molar refractivity (Wildman–Crippen MR) is 100 cm³/mol. The molecule has 2 aliphatic heterocycles. The number of hydrogen-bond acceptors (Lipinski definition) is 9. The van der Waals surface area contributed by atoms with Crippen LogP contribution in [0.3, 0.4) is 0 Å². The number of anilines is 1. The number of carboxylic acids is 1. The van der Waals surface area contributed by atoms with Crippen LogP contribution in [0.15, 0.2) is 21.8 Å². The molecule has 1 aromatic heterocycles. The second kappa shape index (κ2) is 7.74. The number of thioether (sulfide) groups is 1. The molecular formula is C14H14ClN5O5S2. The third-order valence-electron chi connectivity index (χ3n) is 3.86. The van der Waals surface area contributed by atoms with E-state index in [0.717, 1.165) is 16.2 Å². The lowest BCUT2D eigenvalue weighted by Crippen LogP contribution is -2.71. The van der Waals surface area contributed by atoms with Crippen LogP contribution in [-0.4, -0.2) is 68.6 Å². The normalized spacial score (nSPS) is 22.2. The van der Waals surface area contributed by atoms with Gasteiger partial charge in [0.2, 0.25) is 0 Å². The van der Waals surface area contributed by atoms with Crippen molar-refractivity contribution in [2.45, 2.75) is 11.4 Å². The van der Waals surface area contributed by atoms with Crippen LogP contribution in [0.5, 0.6) is 0 Å². The van der Waals surface area contributed by atoms with Gasteiger partial charge in [-0.2, -0.15) is 0 Å². The Labute approximate surface area is 166 Å². The van der Waals surface area contributed by atoms with Crippen LogP contribution in [0.4, 0.5) is 5.13 Å². The van der Waals surface area contributed by atoms with Gasteiger partial charge in [0, 0.05) is 17.0 Å². The highest BCUT2D eigenvalue weighted by molar-refractivity contribution is 8.00. The molecule has 3 heterocycles. The summed E-state index contributed by atoms with van der Waals surface area (Å²) in [7, 11) is 1.27. The second-order valence-corrected chi connectivity index (χ2v) is 7.71. The van der Waals surface area contributed by atoms with Gasteiger partial charge in [0.1, 0.15) is 29.9 Å². The number of nitrogen functional groups attached to an aromatic ring is 1. The molecule has 1 fully saturated rings. The molecule has 13 heteroatoms. The van der Waals surface area contributed by atoms with Crippen LogP contribution in [0.2, 0.25) is 0 Å². The van der Waals surface area contributed by atoms with E-state index < -0.39 is 29.2 Å². The summed E-state index contributed by atoms with van der Waals surface area (Å²) in [5.41, 5.74) is 6.00. The maximum atomic E-state index is 12.6. The SMILES string of the molecule is CON=C(C(=O)N[C@@H]1C(=O)N2C(C(=O)O)=C(CCl)CS[C@@H]12)c1csc(N)n1. The number of nitrogens with zero attached hydrogens (tertiary/aromatic N) is 3. The van der Waals surface area contributed by atoms with Gasteiger partial charge in [-0.3, -0.25) is 14.5 Å². The number of β-lactam (4-membered cyclic amide) rings is 1. The minimum atomic E-state index is -1.23. The summed E-state index contributed by atoms with van der Waals surface area (Å²) >= 11 is 8.24. The first-order valence-corrected chi connectivity index (χ1v) is 9.94. The van der Waals surface area contributed by atoms with Crippen molar-refractivity contribution >= 4 is 63.3 Å². The monoisotopic (exact) mass is 431 g/mol. The van der Waals surface area contributed by atoms with Crippen molar-refractivity contribution in [1.82, 2.24) is 15.2 Å². The van der Waals surface area contributed by atoms with E-state index in [-0.39, 0.29) is 28.1 Å². The highest BCUT2D eigenvalue weighted by Gasteiger charge is 2.54. The maximum absolute atomic E-state index is 12.6. The van der Waals surface area contributed by atoms with E-state index in [1.54, 1.807) is 0 Å². The van der Waals surface area contributed by atoms with Gasteiger partial charge >= 0.3 is 5.97 Å². The summed E-state index contributed by atoms with van der Waals surface area (Å²) in [6.45, 7) is 0. The zero-order valence-corrected chi connectivity index (χ0v) is 16.2. The number of alkyl halides is 1. The number of rotatable bonds is 6. The zero-order chi connectivity index (χ0) is 19.7. The summed E-state index contributed by atoms with van der Waals surface area (Å²) in [6, 6.07) is -0.897. The van der Waals surface area contributed by atoms with E-state index in [4.69, 9.17) is 17.3 Å². The lowest BCUT2D eigenvalue weighted by Gasteiger charge is -2.49. The van der Waals surface area contributed by atoms with Gasteiger partial charge < -0.3 is 21.0 Å². The molecular weight excluding hydrogens is 418 g/mol. The number of carbonyl (C=O) groups excluding carboxylic acids is 2. The molecule has 144 valence electrons. The van der Waals surface area contributed by atoms with E-state index in [1.165, 1.54) is 24.3 Å².